The first-order valence-electron chi connectivity index (χ1n) is 20.3. The third kappa shape index (κ3) is 31.7. The van der Waals surface area contributed by atoms with E-state index in [1.54, 1.807) is 0 Å². The number of carbonyl (C=O) groups excluding carboxylic acids is 1. The van der Waals surface area contributed by atoms with E-state index in [-0.39, 0.29) is 12.5 Å². The summed E-state index contributed by atoms with van der Waals surface area (Å²) in [6.07, 6.45) is 39.1. The van der Waals surface area contributed by atoms with Crippen LogP contribution in [0, 0.1) is 0 Å². The molecule has 270 valence electrons. The molecule has 0 aromatic rings. The van der Waals surface area contributed by atoms with Gasteiger partial charge >= 0.3 is 0 Å². The molecule has 5 heteroatoms. The molecular weight excluding hydrogens is 558 g/mol. The Morgan fingerprint density at radius 2 is 0.756 bits per heavy atom. The van der Waals surface area contributed by atoms with Crippen LogP contribution in [0.5, 0.6) is 0 Å². The summed E-state index contributed by atoms with van der Waals surface area (Å²) in [6.45, 7) is 4.18. The highest BCUT2D eigenvalue weighted by molar-refractivity contribution is 5.76. The van der Waals surface area contributed by atoms with Gasteiger partial charge in [-0.05, 0) is 12.8 Å². The lowest BCUT2D eigenvalue weighted by molar-refractivity contribution is -0.124. The van der Waals surface area contributed by atoms with Crippen LogP contribution in [0.25, 0.3) is 0 Å². The quantitative estimate of drug-likeness (QED) is 0.0509. The van der Waals surface area contributed by atoms with Crippen LogP contribution in [0.15, 0.2) is 0 Å². The molecule has 5 nitrogen and oxygen atoms in total. The zero-order valence-electron chi connectivity index (χ0n) is 30.5. The second kappa shape index (κ2) is 36.2. The predicted molar refractivity (Wildman–Crippen MR) is 195 cm³/mol. The van der Waals surface area contributed by atoms with Gasteiger partial charge in [0.15, 0.2) is 0 Å². The van der Waals surface area contributed by atoms with Crippen molar-refractivity contribution in [3.8, 4) is 0 Å². The van der Waals surface area contributed by atoms with E-state index in [0.29, 0.717) is 12.8 Å². The molecule has 0 aliphatic heterocycles. The fourth-order valence-electron chi connectivity index (χ4n) is 6.52. The number of unbranched alkanes of at least 4 members (excludes halogenated alkanes) is 29. The molecule has 0 rings (SSSR count). The van der Waals surface area contributed by atoms with Gasteiger partial charge in [0, 0.05) is 6.42 Å². The summed E-state index contributed by atoms with van der Waals surface area (Å²) in [7, 11) is 0. The van der Waals surface area contributed by atoms with Crippen LogP contribution >= 0.6 is 0 Å². The van der Waals surface area contributed by atoms with Gasteiger partial charge in [0.1, 0.15) is 6.10 Å². The molecule has 0 spiro atoms. The van der Waals surface area contributed by atoms with E-state index in [9.17, 15) is 20.1 Å². The number of carbonyl (C=O) groups is 1. The molecule has 3 atom stereocenters. The maximum absolute atomic E-state index is 12.4. The lowest BCUT2D eigenvalue weighted by Crippen LogP contribution is -2.50. The Bertz CT molecular complexity index is 587. The van der Waals surface area contributed by atoms with Crippen molar-refractivity contribution in [3.63, 3.8) is 0 Å². The van der Waals surface area contributed by atoms with E-state index in [1.807, 2.05) is 0 Å². The largest absolute Gasteiger partial charge is 0.394 e. The van der Waals surface area contributed by atoms with Gasteiger partial charge in [-0.25, -0.2) is 0 Å². The van der Waals surface area contributed by atoms with Crippen molar-refractivity contribution >= 4 is 5.91 Å². The minimum Gasteiger partial charge on any atom is -0.394 e. The number of amides is 1. The molecule has 0 aliphatic carbocycles. The van der Waals surface area contributed by atoms with Crippen molar-refractivity contribution in [3.05, 3.63) is 0 Å². The summed E-state index contributed by atoms with van der Waals surface area (Å²) in [6, 6.07) is -0.801. The molecule has 0 radical (unpaired) electrons. The van der Waals surface area contributed by atoms with Gasteiger partial charge in [-0.1, -0.05) is 206 Å². The summed E-state index contributed by atoms with van der Waals surface area (Å²) in [5, 5.41) is 33.5. The van der Waals surface area contributed by atoms with Crippen LogP contribution in [0.4, 0.5) is 0 Å². The summed E-state index contributed by atoms with van der Waals surface area (Å²) < 4.78 is 0. The molecule has 0 aromatic heterocycles. The first-order valence-corrected chi connectivity index (χ1v) is 20.3. The number of rotatable bonds is 37. The van der Waals surface area contributed by atoms with Crippen molar-refractivity contribution < 1.29 is 20.1 Å². The molecule has 0 fully saturated rings. The van der Waals surface area contributed by atoms with Gasteiger partial charge in [-0.15, -0.1) is 0 Å². The van der Waals surface area contributed by atoms with E-state index in [1.165, 1.54) is 167 Å². The van der Waals surface area contributed by atoms with E-state index >= 15 is 0 Å². The smallest absolute Gasteiger partial charge is 0.220 e. The number of nitrogens with one attached hydrogen (secondary N) is 1. The monoisotopic (exact) mass is 640 g/mol. The number of hydrogen-bond acceptors (Lipinski definition) is 4. The van der Waals surface area contributed by atoms with Gasteiger partial charge < -0.3 is 20.6 Å². The molecule has 0 heterocycles. The maximum atomic E-state index is 12.4. The van der Waals surface area contributed by atoms with E-state index in [0.717, 1.165) is 32.1 Å². The molecular formula is C40H81NO4. The van der Waals surface area contributed by atoms with Crippen LogP contribution < -0.4 is 5.32 Å². The maximum Gasteiger partial charge on any atom is 0.220 e. The molecule has 1 amide bonds. The highest BCUT2D eigenvalue weighted by Gasteiger charge is 2.26. The molecule has 0 bridgehead atoms. The highest BCUT2D eigenvalue weighted by atomic mass is 16.3. The Hall–Kier alpha value is -0.650. The molecule has 4 N–H and O–H groups in total. The molecule has 0 unspecified atom stereocenters. The summed E-state index contributed by atoms with van der Waals surface area (Å²) in [5.41, 5.74) is 0. The zero-order chi connectivity index (χ0) is 33.1. The van der Waals surface area contributed by atoms with Gasteiger partial charge in [-0.2, -0.15) is 0 Å². The number of aliphatic hydroxyl groups excluding tert-OH is 3. The number of hydrogen-bond donors (Lipinski definition) is 4. The van der Waals surface area contributed by atoms with Gasteiger partial charge in [-0.3, -0.25) is 4.79 Å². The lowest BCUT2D eigenvalue weighted by Gasteiger charge is -2.26. The molecule has 0 aliphatic rings. The van der Waals surface area contributed by atoms with Crippen molar-refractivity contribution in [1.82, 2.24) is 5.32 Å². The van der Waals surface area contributed by atoms with Gasteiger partial charge in [0.05, 0.1) is 18.8 Å². The second-order valence-corrected chi connectivity index (χ2v) is 14.2. The van der Waals surface area contributed by atoms with Crippen molar-refractivity contribution in [1.29, 1.82) is 0 Å². The Balaban J connectivity index is 3.61. The number of aliphatic hydroxyl groups is 3. The highest BCUT2D eigenvalue weighted by Crippen LogP contribution is 2.17. The third-order valence-corrected chi connectivity index (χ3v) is 9.71. The Morgan fingerprint density at radius 3 is 1.07 bits per heavy atom. The second-order valence-electron chi connectivity index (χ2n) is 14.2. The van der Waals surface area contributed by atoms with Crippen molar-refractivity contribution in [2.24, 2.45) is 0 Å². The summed E-state index contributed by atoms with van der Waals surface area (Å²) in [4.78, 5) is 12.4. The Morgan fingerprint density at radius 1 is 0.467 bits per heavy atom. The van der Waals surface area contributed by atoms with E-state index in [2.05, 4.69) is 19.2 Å². The van der Waals surface area contributed by atoms with Crippen molar-refractivity contribution in [2.75, 3.05) is 6.61 Å². The SMILES string of the molecule is CCCCCCCCCCCCCCCCCCCC[C@@H](O)[C@@H](O)[C@H](CO)NC(=O)CCCCCCCCCCCCCCC. The van der Waals surface area contributed by atoms with Crippen molar-refractivity contribution in [2.45, 2.75) is 244 Å². The lowest BCUT2D eigenvalue weighted by atomic mass is 9.99. The molecule has 0 aromatic carbocycles. The van der Waals surface area contributed by atoms with Gasteiger partial charge in [0.2, 0.25) is 5.91 Å². The van der Waals surface area contributed by atoms with Crippen LogP contribution in [0.2, 0.25) is 0 Å². The van der Waals surface area contributed by atoms with Crippen LogP contribution in [0.3, 0.4) is 0 Å². The third-order valence-electron chi connectivity index (χ3n) is 9.71. The summed E-state index contributed by atoms with van der Waals surface area (Å²) >= 11 is 0. The van der Waals surface area contributed by atoms with Crippen LogP contribution in [0.1, 0.15) is 226 Å². The van der Waals surface area contributed by atoms with Crippen LogP contribution in [-0.4, -0.2) is 46.1 Å². The molecule has 45 heavy (non-hydrogen) atoms. The van der Waals surface area contributed by atoms with E-state index < -0.39 is 18.2 Å². The first kappa shape index (κ1) is 44.4. The average Bonchev–Trinajstić information content (AvgIpc) is 3.04. The fourth-order valence-corrected chi connectivity index (χ4v) is 6.52. The predicted octanol–water partition coefficient (Wildman–Crippen LogP) is 11.1. The zero-order valence-corrected chi connectivity index (χ0v) is 30.5. The minimum atomic E-state index is -1.13. The van der Waals surface area contributed by atoms with Crippen LogP contribution in [-0.2, 0) is 4.79 Å². The molecule has 0 saturated carbocycles. The average molecular weight is 640 g/mol. The van der Waals surface area contributed by atoms with Gasteiger partial charge in [0.25, 0.3) is 0 Å². The minimum absolute atomic E-state index is 0.142. The Labute approximate surface area is 281 Å². The standard InChI is InChI=1S/C40H81NO4/c1-3-5-7-9-11-13-15-17-18-19-20-21-23-24-26-28-30-32-34-38(43)40(45)37(36-42)41-39(44)35-33-31-29-27-25-22-16-14-12-10-8-6-4-2/h37-38,40,42-43,45H,3-36H2,1-2H3,(H,41,44)/t37-,38+,40-/m0/s1. The van der Waals surface area contributed by atoms with E-state index in [4.69, 9.17) is 0 Å². The summed E-state index contributed by atoms with van der Waals surface area (Å²) in [5.74, 6) is -0.142. The Kier molecular flexibility index (Phi) is 35.7. The fraction of sp³-hybridized carbons (Fsp3) is 0.975. The molecule has 0 saturated heterocycles. The first-order chi connectivity index (χ1) is 22.1. The topological polar surface area (TPSA) is 89.8 Å². The normalized spacial score (nSPS) is 13.6.